The van der Waals surface area contributed by atoms with E-state index in [0.717, 1.165) is 13.0 Å². The van der Waals surface area contributed by atoms with Crippen LogP contribution in [0.2, 0.25) is 0 Å². The zero-order valence-corrected chi connectivity index (χ0v) is 10.2. The summed E-state index contributed by atoms with van der Waals surface area (Å²) >= 11 is 0. The molecule has 0 fully saturated rings. The van der Waals surface area contributed by atoms with Gasteiger partial charge in [0.2, 0.25) is 0 Å². The largest absolute Gasteiger partial charge is 0.383 e. The molecule has 0 saturated carbocycles. The fourth-order valence-electron chi connectivity index (χ4n) is 1.27. The average Bonchev–Trinajstić information content (AvgIpc) is 2.27. The standard InChI is InChI=1S/C13H22N2/c1-5-11-6-8-12(9-7-11)15-10-13(2,3)14-4/h6-9,14-15H,5,10H2,1-4H3. The Morgan fingerprint density at radius 1 is 1.13 bits per heavy atom. The normalized spacial score (nSPS) is 11.5. The number of nitrogens with one attached hydrogen (secondary N) is 2. The first-order valence-electron chi connectivity index (χ1n) is 5.59. The molecule has 0 aliphatic heterocycles. The van der Waals surface area contributed by atoms with Gasteiger partial charge in [0.15, 0.2) is 0 Å². The van der Waals surface area contributed by atoms with Crippen LogP contribution in [0, 0.1) is 0 Å². The molecule has 0 atom stereocenters. The quantitative estimate of drug-likeness (QED) is 0.774. The molecule has 0 saturated heterocycles. The van der Waals surface area contributed by atoms with Crippen molar-refractivity contribution in [1.82, 2.24) is 5.32 Å². The highest BCUT2D eigenvalue weighted by Crippen LogP contribution is 2.11. The van der Waals surface area contributed by atoms with E-state index in [-0.39, 0.29) is 5.54 Å². The summed E-state index contributed by atoms with van der Waals surface area (Å²) in [5.74, 6) is 0. The first kappa shape index (κ1) is 12.1. The molecule has 0 heterocycles. The number of hydrogen-bond donors (Lipinski definition) is 2. The maximum atomic E-state index is 3.42. The molecule has 0 aromatic heterocycles. The van der Waals surface area contributed by atoms with Gasteiger partial charge in [0, 0.05) is 17.8 Å². The molecule has 1 aromatic carbocycles. The van der Waals surface area contributed by atoms with Crippen LogP contribution < -0.4 is 10.6 Å². The van der Waals surface area contributed by atoms with E-state index in [1.807, 2.05) is 7.05 Å². The van der Waals surface area contributed by atoms with E-state index in [1.54, 1.807) is 0 Å². The minimum absolute atomic E-state index is 0.128. The van der Waals surface area contributed by atoms with Crippen LogP contribution in [-0.2, 0) is 6.42 Å². The highest BCUT2D eigenvalue weighted by Gasteiger charge is 2.13. The number of aryl methyl sites for hydroxylation is 1. The minimum Gasteiger partial charge on any atom is -0.383 e. The smallest absolute Gasteiger partial charge is 0.0340 e. The van der Waals surface area contributed by atoms with Crippen LogP contribution in [0.25, 0.3) is 0 Å². The Balaban J connectivity index is 2.51. The summed E-state index contributed by atoms with van der Waals surface area (Å²) in [6.07, 6.45) is 1.10. The van der Waals surface area contributed by atoms with Crippen molar-refractivity contribution in [2.45, 2.75) is 32.7 Å². The highest BCUT2D eigenvalue weighted by molar-refractivity contribution is 5.44. The monoisotopic (exact) mass is 206 g/mol. The zero-order chi connectivity index (χ0) is 11.3. The van der Waals surface area contributed by atoms with Crippen molar-refractivity contribution in [1.29, 1.82) is 0 Å². The van der Waals surface area contributed by atoms with Crippen LogP contribution in [0.3, 0.4) is 0 Å². The summed E-state index contributed by atoms with van der Waals surface area (Å²) in [6, 6.07) is 8.64. The minimum atomic E-state index is 0.128. The van der Waals surface area contributed by atoms with E-state index in [1.165, 1.54) is 11.3 Å². The second kappa shape index (κ2) is 5.17. The van der Waals surface area contributed by atoms with E-state index in [9.17, 15) is 0 Å². The number of benzene rings is 1. The van der Waals surface area contributed by atoms with Gasteiger partial charge in [-0.1, -0.05) is 19.1 Å². The lowest BCUT2D eigenvalue weighted by molar-refractivity contribution is 0.448. The third-order valence-corrected chi connectivity index (χ3v) is 2.77. The zero-order valence-electron chi connectivity index (χ0n) is 10.2. The Morgan fingerprint density at radius 3 is 2.20 bits per heavy atom. The SMILES string of the molecule is CCc1ccc(NCC(C)(C)NC)cc1. The molecule has 0 radical (unpaired) electrons. The van der Waals surface area contributed by atoms with Crippen molar-refractivity contribution in [3.63, 3.8) is 0 Å². The Labute approximate surface area is 93.1 Å². The maximum absolute atomic E-state index is 3.42. The van der Waals surface area contributed by atoms with Crippen molar-refractivity contribution < 1.29 is 0 Å². The van der Waals surface area contributed by atoms with Crippen molar-refractivity contribution in [3.8, 4) is 0 Å². The molecule has 0 aliphatic rings. The van der Waals surface area contributed by atoms with Crippen LogP contribution in [-0.4, -0.2) is 19.1 Å². The van der Waals surface area contributed by atoms with Crippen LogP contribution >= 0.6 is 0 Å². The summed E-state index contributed by atoms with van der Waals surface area (Å²) in [5.41, 5.74) is 2.70. The second-order valence-corrected chi connectivity index (χ2v) is 4.54. The Morgan fingerprint density at radius 2 is 1.73 bits per heavy atom. The molecule has 1 rings (SSSR count). The van der Waals surface area contributed by atoms with Gasteiger partial charge in [-0.25, -0.2) is 0 Å². The topological polar surface area (TPSA) is 24.1 Å². The molecule has 2 nitrogen and oxygen atoms in total. The molecule has 1 aromatic rings. The van der Waals surface area contributed by atoms with E-state index in [2.05, 4.69) is 55.7 Å². The van der Waals surface area contributed by atoms with Gasteiger partial charge in [-0.05, 0) is 45.0 Å². The molecular weight excluding hydrogens is 184 g/mol. The molecule has 0 unspecified atom stereocenters. The predicted molar refractivity (Wildman–Crippen MR) is 67.4 cm³/mol. The molecular formula is C13H22N2. The maximum Gasteiger partial charge on any atom is 0.0340 e. The molecule has 0 spiro atoms. The third-order valence-electron chi connectivity index (χ3n) is 2.77. The van der Waals surface area contributed by atoms with Crippen LogP contribution in [0.5, 0.6) is 0 Å². The van der Waals surface area contributed by atoms with Gasteiger partial charge in [-0.2, -0.15) is 0 Å². The molecule has 84 valence electrons. The van der Waals surface area contributed by atoms with Gasteiger partial charge in [-0.15, -0.1) is 0 Å². The number of rotatable bonds is 5. The van der Waals surface area contributed by atoms with Gasteiger partial charge in [0.05, 0.1) is 0 Å². The lowest BCUT2D eigenvalue weighted by atomic mass is 10.1. The second-order valence-electron chi connectivity index (χ2n) is 4.54. The molecule has 15 heavy (non-hydrogen) atoms. The van der Waals surface area contributed by atoms with Crippen LogP contribution in [0.1, 0.15) is 26.3 Å². The van der Waals surface area contributed by atoms with E-state index in [4.69, 9.17) is 0 Å². The summed E-state index contributed by atoms with van der Waals surface area (Å²) in [5, 5.41) is 6.70. The fourth-order valence-corrected chi connectivity index (χ4v) is 1.27. The van der Waals surface area contributed by atoms with Gasteiger partial charge >= 0.3 is 0 Å². The van der Waals surface area contributed by atoms with Crippen molar-refractivity contribution in [2.75, 3.05) is 18.9 Å². The Hall–Kier alpha value is -1.02. The van der Waals surface area contributed by atoms with Crippen molar-refractivity contribution in [2.24, 2.45) is 0 Å². The number of anilines is 1. The first-order valence-corrected chi connectivity index (χ1v) is 5.59. The van der Waals surface area contributed by atoms with Crippen molar-refractivity contribution >= 4 is 5.69 Å². The molecule has 2 heteroatoms. The van der Waals surface area contributed by atoms with Crippen LogP contribution in [0.4, 0.5) is 5.69 Å². The molecule has 0 aliphatic carbocycles. The van der Waals surface area contributed by atoms with E-state index < -0.39 is 0 Å². The van der Waals surface area contributed by atoms with E-state index in [0.29, 0.717) is 0 Å². The fraction of sp³-hybridized carbons (Fsp3) is 0.538. The summed E-state index contributed by atoms with van der Waals surface area (Å²) in [6.45, 7) is 7.46. The lowest BCUT2D eigenvalue weighted by Crippen LogP contribution is -2.42. The van der Waals surface area contributed by atoms with Gasteiger partial charge in [-0.3, -0.25) is 0 Å². The lowest BCUT2D eigenvalue weighted by Gasteiger charge is -2.24. The summed E-state index contributed by atoms with van der Waals surface area (Å²) < 4.78 is 0. The summed E-state index contributed by atoms with van der Waals surface area (Å²) in [4.78, 5) is 0. The van der Waals surface area contributed by atoms with Gasteiger partial charge in [0.1, 0.15) is 0 Å². The third kappa shape index (κ3) is 3.92. The molecule has 0 bridgehead atoms. The average molecular weight is 206 g/mol. The van der Waals surface area contributed by atoms with E-state index >= 15 is 0 Å². The van der Waals surface area contributed by atoms with Gasteiger partial charge in [0.25, 0.3) is 0 Å². The van der Waals surface area contributed by atoms with Crippen LogP contribution in [0.15, 0.2) is 24.3 Å². The molecule has 2 N–H and O–H groups in total. The van der Waals surface area contributed by atoms with Gasteiger partial charge < -0.3 is 10.6 Å². The first-order chi connectivity index (χ1) is 7.07. The van der Waals surface area contributed by atoms with Crippen molar-refractivity contribution in [3.05, 3.63) is 29.8 Å². The number of hydrogen-bond acceptors (Lipinski definition) is 2. The predicted octanol–water partition coefficient (Wildman–Crippen LogP) is 2.66. The Kier molecular flexibility index (Phi) is 4.15. The Bertz CT molecular complexity index is 288. The molecule has 0 amide bonds. The number of likely N-dealkylation sites (N-methyl/N-ethyl adjacent to an activating group) is 1. The highest BCUT2D eigenvalue weighted by atomic mass is 15.0. The summed E-state index contributed by atoms with van der Waals surface area (Å²) in [7, 11) is 1.99.